The maximum absolute atomic E-state index is 13.0. The first kappa shape index (κ1) is 15.7. The Hall–Kier alpha value is -2.50. The third-order valence-corrected chi connectivity index (χ3v) is 6.44. The minimum atomic E-state index is -0.188. The molecule has 2 N–H and O–H groups in total. The summed E-state index contributed by atoms with van der Waals surface area (Å²) in [7, 11) is 0. The highest BCUT2D eigenvalue weighted by Gasteiger charge is 2.54. The maximum Gasteiger partial charge on any atom is 0.262 e. The fourth-order valence-corrected chi connectivity index (χ4v) is 5.74. The van der Waals surface area contributed by atoms with Gasteiger partial charge in [0.1, 0.15) is 0 Å². The molecule has 2 aromatic rings. The van der Waals surface area contributed by atoms with Crippen molar-refractivity contribution in [2.75, 3.05) is 5.43 Å². The van der Waals surface area contributed by atoms with Crippen molar-refractivity contribution in [3.8, 4) is 11.3 Å². The molecule has 6 heteroatoms. The van der Waals surface area contributed by atoms with Gasteiger partial charge in [-0.1, -0.05) is 30.3 Å². The zero-order valence-electron chi connectivity index (χ0n) is 14.7. The molecule has 4 fully saturated rings. The summed E-state index contributed by atoms with van der Waals surface area (Å²) >= 11 is 0. The number of carbonyl (C=O) groups is 1. The molecule has 0 radical (unpaired) electrons. The maximum atomic E-state index is 13.0. The van der Waals surface area contributed by atoms with Gasteiger partial charge in [0.15, 0.2) is 0 Å². The third kappa shape index (κ3) is 2.73. The van der Waals surface area contributed by atoms with Crippen molar-refractivity contribution < 1.29 is 4.79 Å². The van der Waals surface area contributed by atoms with Gasteiger partial charge in [-0.05, 0) is 56.3 Å². The highest BCUT2D eigenvalue weighted by atomic mass is 16.2. The summed E-state index contributed by atoms with van der Waals surface area (Å²) in [6, 6.07) is 9.82. The minimum absolute atomic E-state index is 0.102. The first-order chi connectivity index (χ1) is 12.7. The number of anilines is 1. The SMILES string of the molecule is O=C(NNc1nncc(-c2ccccc2)n1)C12CC3CC(CC(C3)C1)C2. The molecule has 0 unspecified atom stereocenters. The van der Waals surface area contributed by atoms with Crippen molar-refractivity contribution in [2.24, 2.45) is 23.2 Å². The van der Waals surface area contributed by atoms with E-state index in [9.17, 15) is 4.79 Å². The number of carbonyl (C=O) groups excluding carboxylic acids is 1. The van der Waals surface area contributed by atoms with Crippen molar-refractivity contribution in [3.63, 3.8) is 0 Å². The Morgan fingerprint density at radius 2 is 1.65 bits per heavy atom. The van der Waals surface area contributed by atoms with E-state index in [1.54, 1.807) is 6.20 Å². The summed E-state index contributed by atoms with van der Waals surface area (Å²) in [5.74, 6) is 2.65. The summed E-state index contributed by atoms with van der Waals surface area (Å²) in [6.45, 7) is 0. The number of benzene rings is 1. The number of aromatic nitrogens is 3. The topological polar surface area (TPSA) is 79.8 Å². The summed E-state index contributed by atoms with van der Waals surface area (Å²) in [5.41, 5.74) is 7.29. The largest absolute Gasteiger partial charge is 0.273 e. The fraction of sp³-hybridized carbons (Fsp3) is 0.500. The number of hydrogen-bond donors (Lipinski definition) is 2. The van der Waals surface area contributed by atoms with Crippen LogP contribution in [0.2, 0.25) is 0 Å². The van der Waals surface area contributed by atoms with Crippen LogP contribution in [0.5, 0.6) is 0 Å². The van der Waals surface area contributed by atoms with E-state index in [1.807, 2.05) is 30.3 Å². The average molecular weight is 349 g/mol. The van der Waals surface area contributed by atoms with Crippen molar-refractivity contribution in [2.45, 2.75) is 38.5 Å². The van der Waals surface area contributed by atoms with Crippen molar-refractivity contribution in [3.05, 3.63) is 36.5 Å². The van der Waals surface area contributed by atoms with E-state index in [0.29, 0.717) is 5.95 Å². The van der Waals surface area contributed by atoms with Crippen LogP contribution in [0.4, 0.5) is 5.95 Å². The summed E-state index contributed by atoms with van der Waals surface area (Å²) in [5, 5.41) is 8.00. The number of hydrogen-bond acceptors (Lipinski definition) is 5. The lowest BCUT2D eigenvalue weighted by Gasteiger charge is -2.55. The van der Waals surface area contributed by atoms with E-state index in [4.69, 9.17) is 0 Å². The molecule has 1 amide bonds. The molecule has 4 bridgehead atoms. The Kier molecular flexibility index (Phi) is 3.65. The summed E-state index contributed by atoms with van der Waals surface area (Å²) in [4.78, 5) is 17.4. The molecule has 134 valence electrons. The zero-order chi connectivity index (χ0) is 17.6. The Morgan fingerprint density at radius 1 is 1.00 bits per heavy atom. The van der Waals surface area contributed by atoms with Gasteiger partial charge in [0.25, 0.3) is 5.95 Å². The van der Waals surface area contributed by atoms with Gasteiger partial charge in [-0.3, -0.25) is 15.6 Å². The first-order valence-electron chi connectivity index (χ1n) is 9.52. The van der Waals surface area contributed by atoms with Crippen LogP contribution in [0, 0.1) is 23.2 Å². The molecule has 1 aromatic heterocycles. The number of nitrogens with one attached hydrogen (secondary N) is 2. The van der Waals surface area contributed by atoms with Gasteiger partial charge < -0.3 is 0 Å². The molecule has 1 heterocycles. The van der Waals surface area contributed by atoms with Crippen molar-refractivity contribution in [1.29, 1.82) is 0 Å². The standard InChI is InChI=1S/C20H23N5O/c26-18(20-9-13-6-14(10-20)8-15(7-13)11-20)23-25-19-22-17(12-21-24-19)16-4-2-1-3-5-16/h1-5,12-15H,6-11H2,(H,23,26)(H,22,24,25). The molecule has 0 aliphatic heterocycles. The molecule has 4 saturated carbocycles. The molecule has 1 aromatic carbocycles. The Labute approximate surface area is 152 Å². The zero-order valence-corrected chi connectivity index (χ0v) is 14.7. The van der Waals surface area contributed by atoms with Gasteiger partial charge in [0.05, 0.1) is 17.3 Å². The second-order valence-electron chi connectivity index (χ2n) is 8.31. The van der Waals surface area contributed by atoms with E-state index in [1.165, 1.54) is 19.3 Å². The van der Waals surface area contributed by atoms with E-state index in [-0.39, 0.29) is 11.3 Å². The second kappa shape index (κ2) is 6.04. The van der Waals surface area contributed by atoms with Crippen LogP contribution in [0.25, 0.3) is 11.3 Å². The van der Waals surface area contributed by atoms with Gasteiger partial charge in [-0.15, -0.1) is 5.10 Å². The fourth-order valence-electron chi connectivity index (χ4n) is 5.74. The molecule has 6 rings (SSSR count). The van der Waals surface area contributed by atoms with E-state index in [2.05, 4.69) is 26.0 Å². The Morgan fingerprint density at radius 3 is 2.31 bits per heavy atom. The van der Waals surface area contributed by atoms with Crippen molar-refractivity contribution in [1.82, 2.24) is 20.6 Å². The van der Waals surface area contributed by atoms with Gasteiger partial charge in [0.2, 0.25) is 5.91 Å². The molecule has 6 nitrogen and oxygen atoms in total. The molecular weight excluding hydrogens is 326 g/mol. The minimum Gasteiger partial charge on any atom is -0.273 e. The lowest BCUT2D eigenvalue weighted by Crippen LogP contribution is -2.54. The van der Waals surface area contributed by atoms with E-state index >= 15 is 0 Å². The molecule has 0 atom stereocenters. The van der Waals surface area contributed by atoms with Crippen LogP contribution in [0.15, 0.2) is 36.5 Å². The normalized spacial score (nSPS) is 31.6. The first-order valence-corrected chi connectivity index (χ1v) is 9.52. The Balaban J connectivity index is 1.29. The second-order valence-corrected chi connectivity index (χ2v) is 8.31. The predicted molar refractivity (Wildman–Crippen MR) is 97.6 cm³/mol. The lowest BCUT2D eigenvalue weighted by atomic mass is 9.49. The molecule has 4 aliphatic rings. The molecule has 4 aliphatic carbocycles. The van der Waals surface area contributed by atoms with Gasteiger partial charge in [-0.2, -0.15) is 5.10 Å². The highest BCUT2D eigenvalue weighted by molar-refractivity contribution is 5.84. The average Bonchev–Trinajstić information content (AvgIpc) is 2.66. The van der Waals surface area contributed by atoms with Crippen LogP contribution in [0.1, 0.15) is 38.5 Å². The van der Waals surface area contributed by atoms with Crippen LogP contribution in [-0.2, 0) is 4.79 Å². The monoisotopic (exact) mass is 349 g/mol. The van der Waals surface area contributed by atoms with Crippen LogP contribution >= 0.6 is 0 Å². The molecule has 0 saturated heterocycles. The summed E-state index contributed by atoms with van der Waals surface area (Å²) in [6.07, 6.45) is 8.72. The van der Waals surface area contributed by atoms with Gasteiger partial charge in [0, 0.05) is 5.56 Å². The smallest absolute Gasteiger partial charge is 0.262 e. The predicted octanol–water partition coefficient (Wildman–Crippen LogP) is 3.20. The van der Waals surface area contributed by atoms with Crippen LogP contribution in [-0.4, -0.2) is 21.1 Å². The van der Waals surface area contributed by atoms with E-state index < -0.39 is 0 Å². The Bertz CT molecular complexity index is 787. The number of hydrazine groups is 1. The number of rotatable bonds is 4. The highest BCUT2D eigenvalue weighted by Crippen LogP contribution is 2.60. The van der Waals surface area contributed by atoms with Gasteiger partial charge in [-0.25, -0.2) is 4.98 Å². The molecule has 26 heavy (non-hydrogen) atoms. The number of nitrogens with zero attached hydrogens (tertiary/aromatic N) is 3. The van der Waals surface area contributed by atoms with Crippen LogP contribution in [0.3, 0.4) is 0 Å². The summed E-state index contributed by atoms with van der Waals surface area (Å²) < 4.78 is 0. The van der Waals surface area contributed by atoms with Crippen molar-refractivity contribution >= 4 is 11.9 Å². The molecule has 0 spiro atoms. The number of amides is 1. The lowest BCUT2D eigenvalue weighted by molar-refractivity contribution is -0.145. The van der Waals surface area contributed by atoms with Gasteiger partial charge >= 0.3 is 0 Å². The quantitative estimate of drug-likeness (QED) is 0.829. The molecular formula is C20H23N5O. The van der Waals surface area contributed by atoms with Crippen LogP contribution < -0.4 is 10.9 Å². The third-order valence-electron chi connectivity index (χ3n) is 6.44. The van der Waals surface area contributed by atoms with E-state index in [0.717, 1.165) is 48.3 Å².